The quantitative estimate of drug-likeness (QED) is 0.358. The van der Waals surface area contributed by atoms with Crippen molar-refractivity contribution in [2.75, 3.05) is 13.2 Å². The van der Waals surface area contributed by atoms with Gasteiger partial charge >= 0.3 is 17.2 Å². The third-order valence-electron chi connectivity index (χ3n) is 3.79. The molecule has 0 aromatic carbocycles. The molecule has 2 fully saturated rings. The largest absolute Gasteiger partial charge is 0.743 e. The van der Waals surface area contributed by atoms with Crippen molar-refractivity contribution >= 4 is 22.1 Å². The molecule has 2 aliphatic rings. The minimum atomic E-state index is -5.86. The zero-order valence-electron chi connectivity index (χ0n) is 12.4. The van der Waals surface area contributed by atoms with Crippen LogP contribution >= 0.6 is 0 Å². The molecule has 8 nitrogen and oxygen atoms in total. The lowest BCUT2D eigenvalue weighted by atomic mass is 9.88. The average Bonchev–Trinajstić information content (AvgIpc) is 2.76. The molecule has 11 heteroatoms. The lowest BCUT2D eigenvalue weighted by Gasteiger charge is -2.26. The van der Waals surface area contributed by atoms with Crippen LogP contribution in [0.5, 0.6) is 0 Å². The minimum Gasteiger partial charge on any atom is -0.743 e. The first-order valence-corrected chi connectivity index (χ1v) is 8.42. The number of rotatable bonds is 7. The summed E-state index contributed by atoms with van der Waals surface area (Å²) in [5, 5.41) is -4.60. The highest BCUT2D eigenvalue weighted by Gasteiger charge is 2.45. The molecule has 2 rings (SSSR count). The third-order valence-corrected chi connectivity index (χ3v) is 4.64. The third kappa shape index (κ3) is 4.08. The van der Waals surface area contributed by atoms with Crippen LogP contribution in [0, 0.1) is 5.92 Å². The van der Waals surface area contributed by atoms with Crippen molar-refractivity contribution in [1.82, 2.24) is 0 Å². The molecule has 0 aromatic rings. The molecular weight excluding hydrogens is 354 g/mol. The van der Waals surface area contributed by atoms with Crippen molar-refractivity contribution in [3.05, 3.63) is 12.2 Å². The Labute approximate surface area is 136 Å². The maximum absolute atomic E-state index is 12.9. The van der Waals surface area contributed by atoms with Gasteiger partial charge in [0.25, 0.3) is 0 Å². The van der Waals surface area contributed by atoms with E-state index >= 15 is 0 Å². The Morgan fingerprint density at radius 1 is 1.42 bits per heavy atom. The van der Waals surface area contributed by atoms with Crippen LogP contribution in [-0.4, -0.2) is 55.6 Å². The zero-order chi connectivity index (χ0) is 18.1. The van der Waals surface area contributed by atoms with Crippen LogP contribution in [-0.2, 0) is 33.9 Å². The van der Waals surface area contributed by atoms with Crippen molar-refractivity contribution in [2.24, 2.45) is 5.92 Å². The maximum Gasteiger partial charge on any atom is 0.357 e. The van der Waals surface area contributed by atoms with Gasteiger partial charge < -0.3 is 18.8 Å². The van der Waals surface area contributed by atoms with E-state index in [4.69, 9.17) is 9.47 Å². The van der Waals surface area contributed by atoms with Crippen LogP contribution < -0.4 is 0 Å². The Morgan fingerprint density at radius 2 is 2.08 bits per heavy atom. The second kappa shape index (κ2) is 6.73. The summed E-state index contributed by atoms with van der Waals surface area (Å²) in [6, 6.07) is 0. The molecule has 3 unspecified atom stereocenters. The number of fused-ring (bicyclic) bond motifs is 2. The number of hydrogen-bond acceptors (Lipinski definition) is 8. The molecule has 24 heavy (non-hydrogen) atoms. The first-order valence-electron chi connectivity index (χ1n) is 7.01. The van der Waals surface area contributed by atoms with Gasteiger partial charge in [0.15, 0.2) is 10.1 Å². The molecule has 0 N–H and O–H groups in total. The fourth-order valence-corrected chi connectivity index (χ4v) is 2.69. The van der Waals surface area contributed by atoms with Crippen LogP contribution in [0.4, 0.5) is 8.78 Å². The summed E-state index contributed by atoms with van der Waals surface area (Å²) in [6.45, 7) is 0.868. The van der Waals surface area contributed by atoms with Crippen molar-refractivity contribution in [1.29, 1.82) is 0 Å². The van der Waals surface area contributed by atoms with Gasteiger partial charge in [0.1, 0.15) is 18.8 Å². The van der Waals surface area contributed by atoms with Gasteiger partial charge in [-0.15, -0.1) is 0 Å². The van der Waals surface area contributed by atoms with Gasteiger partial charge in [0.05, 0.1) is 18.1 Å². The monoisotopic (exact) mass is 369 g/mol. The molecule has 1 aliphatic heterocycles. The summed E-state index contributed by atoms with van der Waals surface area (Å²) in [4.78, 5) is 23.2. The van der Waals surface area contributed by atoms with Crippen molar-refractivity contribution < 1.29 is 45.6 Å². The Bertz CT molecular complexity index is 644. The Balaban J connectivity index is 1.79. The summed E-state index contributed by atoms with van der Waals surface area (Å²) in [5.41, 5.74) is -0.333. The highest BCUT2D eigenvalue weighted by Crippen LogP contribution is 2.36. The Hall–Kier alpha value is -1.59. The number of alkyl halides is 2. The van der Waals surface area contributed by atoms with Gasteiger partial charge in [-0.1, -0.05) is 6.58 Å². The van der Waals surface area contributed by atoms with Crippen LogP contribution in [0.1, 0.15) is 19.3 Å². The van der Waals surface area contributed by atoms with E-state index in [2.05, 4.69) is 11.3 Å². The minimum absolute atomic E-state index is 0.187. The van der Waals surface area contributed by atoms with Crippen LogP contribution in [0.25, 0.3) is 0 Å². The first-order chi connectivity index (χ1) is 11.0. The van der Waals surface area contributed by atoms with Crippen LogP contribution in [0.15, 0.2) is 12.2 Å². The molecule has 136 valence electrons. The van der Waals surface area contributed by atoms with E-state index in [9.17, 15) is 31.3 Å². The zero-order valence-corrected chi connectivity index (χ0v) is 13.2. The van der Waals surface area contributed by atoms with Gasteiger partial charge in [-0.3, -0.25) is 4.79 Å². The lowest BCUT2D eigenvalue weighted by molar-refractivity contribution is -0.158. The molecule has 0 radical (unpaired) electrons. The number of carbonyl (C=O) groups excluding carboxylic acids is 2. The fraction of sp³-hybridized carbons (Fsp3) is 0.692. The molecule has 3 atom stereocenters. The van der Waals surface area contributed by atoms with Gasteiger partial charge in [0, 0.05) is 6.42 Å². The molecule has 0 spiro atoms. The lowest BCUT2D eigenvalue weighted by Crippen LogP contribution is -2.35. The molecule has 1 saturated heterocycles. The SMILES string of the molecule is C=C(COCC(F)(F)S(=O)(=O)[O-])C(=O)OC1CCC2CC1OC2=O. The first kappa shape index (κ1) is 18.7. The Kier molecular flexibility index (Phi) is 5.25. The molecule has 1 aliphatic carbocycles. The fourth-order valence-electron chi connectivity index (χ4n) is 2.46. The second-order valence-corrected chi connectivity index (χ2v) is 7.12. The smallest absolute Gasteiger partial charge is 0.357 e. The molecule has 0 amide bonds. The van der Waals surface area contributed by atoms with Crippen molar-refractivity contribution in [3.63, 3.8) is 0 Å². The predicted molar refractivity (Wildman–Crippen MR) is 71.7 cm³/mol. The number of carbonyl (C=O) groups is 2. The average molecular weight is 369 g/mol. The normalized spacial score (nSPS) is 26.8. The predicted octanol–water partition coefficient (Wildman–Crippen LogP) is 0.334. The van der Waals surface area contributed by atoms with Gasteiger partial charge in [-0.25, -0.2) is 13.2 Å². The number of halogens is 2. The summed E-state index contributed by atoms with van der Waals surface area (Å²) < 4.78 is 71.1. The summed E-state index contributed by atoms with van der Waals surface area (Å²) in [7, 11) is -5.86. The second-order valence-electron chi connectivity index (χ2n) is 5.62. The Morgan fingerprint density at radius 3 is 2.71 bits per heavy atom. The van der Waals surface area contributed by atoms with E-state index in [1.165, 1.54) is 0 Å². The van der Waals surface area contributed by atoms with E-state index in [1.807, 2.05) is 0 Å². The summed E-state index contributed by atoms with van der Waals surface area (Å²) in [5.74, 6) is -1.45. The van der Waals surface area contributed by atoms with E-state index in [0.717, 1.165) is 0 Å². The van der Waals surface area contributed by atoms with E-state index in [0.29, 0.717) is 19.3 Å². The van der Waals surface area contributed by atoms with Gasteiger partial charge in [-0.05, 0) is 12.8 Å². The number of ether oxygens (including phenoxy) is 3. The molecular formula is C13H15F2O8S-. The highest BCUT2D eigenvalue weighted by molar-refractivity contribution is 7.86. The van der Waals surface area contributed by atoms with Crippen molar-refractivity contribution in [2.45, 2.75) is 36.7 Å². The van der Waals surface area contributed by atoms with Crippen molar-refractivity contribution in [3.8, 4) is 0 Å². The molecule has 1 heterocycles. The number of esters is 2. The van der Waals surface area contributed by atoms with Gasteiger partial charge in [-0.2, -0.15) is 8.78 Å². The highest BCUT2D eigenvalue weighted by atomic mass is 32.2. The summed E-state index contributed by atoms with van der Waals surface area (Å²) >= 11 is 0. The topological polar surface area (TPSA) is 119 Å². The number of hydrogen-bond donors (Lipinski definition) is 0. The van der Waals surface area contributed by atoms with Gasteiger partial charge in [0.2, 0.25) is 0 Å². The molecule has 0 aromatic heterocycles. The summed E-state index contributed by atoms with van der Waals surface area (Å²) in [6.07, 6.45) is 0.203. The maximum atomic E-state index is 12.9. The van der Waals surface area contributed by atoms with Crippen LogP contribution in [0.3, 0.4) is 0 Å². The molecule has 1 saturated carbocycles. The van der Waals surface area contributed by atoms with E-state index in [1.54, 1.807) is 0 Å². The standard InChI is InChI=1S/C13H16F2O8S/c1-7(5-21-6-13(14,15)24(18,19)20)11(16)22-9-3-2-8-4-10(9)23-12(8)17/h8-10H,1-6H2,(H,18,19,20)/p-1. The molecule has 2 bridgehead atoms. The van der Waals surface area contributed by atoms with E-state index < -0.39 is 46.8 Å². The van der Waals surface area contributed by atoms with Crippen LogP contribution in [0.2, 0.25) is 0 Å². The van der Waals surface area contributed by atoms with E-state index in [-0.39, 0.29) is 17.5 Å².